The number of imidazole rings is 1. The molecule has 3 heterocycles. The highest BCUT2D eigenvalue weighted by Crippen LogP contribution is 2.40. The second kappa shape index (κ2) is 7.01. The van der Waals surface area contributed by atoms with Gasteiger partial charge in [-0.05, 0) is 37.8 Å². The van der Waals surface area contributed by atoms with E-state index in [0.717, 1.165) is 39.1 Å². The average molecular weight is 320 g/mol. The second-order valence-corrected chi connectivity index (χ2v) is 7.08. The fraction of sp³-hybridized carbons (Fsp3) is 0.765. The Morgan fingerprint density at radius 3 is 2.74 bits per heavy atom. The van der Waals surface area contributed by atoms with Crippen molar-refractivity contribution in [2.24, 2.45) is 12.5 Å². The lowest BCUT2D eigenvalue weighted by Gasteiger charge is -2.47. The van der Waals surface area contributed by atoms with Gasteiger partial charge in [0.05, 0.1) is 18.6 Å². The van der Waals surface area contributed by atoms with Gasteiger partial charge in [-0.3, -0.25) is 9.69 Å². The van der Waals surface area contributed by atoms with Gasteiger partial charge in [0.2, 0.25) is 5.91 Å². The molecule has 0 bridgehead atoms. The Labute approximate surface area is 138 Å². The number of aromatic nitrogens is 2. The van der Waals surface area contributed by atoms with Crippen LogP contribution in [0.2, 0.25) is 0 Å². The summed E-state index contributed by atoms with van der Waals surface area (Å²) >= 11 is 0. The van der Waals surface area contributed by atoms with Crippen LogP contribution in [-0.2, 0) is 23.1 Å². The maximum Gasteiger partial charge on any atom is 0.222 e. The van der Waals surface area contributed by atoms with E-state index < -0.39 is 0 Å². The fourth-order valence-electron chi connectivity index (χ4n) is 3.87. The van der Waals surface area contributed by atoms with Gasteiger partial charge in [0, 0.05) is 46.4 Å². The van der Waals surface area contributed by atoms with Crippen LogP contribution in [0, 0.1) is 5.41 Å². The maximum atomic E-state index is 12.1. The van der Waals surface area contributed by atoms with Crippen molar-refractivity contribution in [2.45, 2.75) is 32.2 Å². The van der Waals surface area contributed by atoms with Crippen LogP contribution in [0.3, 0.4) is 0 Å². The number of rotatable bonds is 5. The lowest BCUT2D eigenvalue weighted by molar-refractivity contribution is -0.140. The standard InChI is InChI=1S/C17H28N4O2/c1-19-14-18-11-15(19)12-20-7-5-17(6-8-20)4-3-16(22)21(13-17)9-10-23-2/h11,14H,3-10,12-13H2,1-2H3. The molecule has 0 saturated carbocycles. The summed E-state index contributed by atoms with van der Waals surface area (Å²) in [6.45, 7) is 5.47. The number of hydrogen-bond donors (Lipinski definition) is 0. The SMILES string of the molecule is COCCN1CC2(CCC1=O)CCN(Cc1cncn1C)CC2. The van der Waals surface area contributed by atoms with Crippen molar-refractivity contribution < 1.29 is 9.53 Å². The third-order valence-electron chi connectivity index (χ3n) is 5.53. The minimum atomic E-state index is 0.296. The molecule has 0 atom stereocenters. The molecule has 1 amide bonds. The number of piperidine rings is 2. The summed E-state index contributed by atoms with van der Waals surface area (Å²) in [6, 6.07) is 0. The molecule has 1 spiro atoms. The van der Waals surface area contributed by atoms with E-state index in [0.29, 0.717) is 24.3 Å². The molecule has 0 radical (unpaired) electrons. The van der Waals surface area contributed by atoms with E-state index in [1.54, 1.807) is 7.11 Å². The summed E-state index contributed by atoms with van der Waals surface area (Å²) in [4.78, 5) is 20.8. The van der Waals surface area contributed by atoms with Crippen LogP contribution in [0.15, 0.2) is 12.5 Å². The highest BCUT2D eigenvalue weighted by molar-refractivity contribution is 5.77. The third kappa shape index (κ3) is 3.75. The third-order valence-corrected chi connectivity index (χ3v) is 5.53. The summed E-state index contributed by atoms with van der Waals surface area (Å²) in [5.41, 5.74) is 1.59. The number of likely N-dealkylation sites (tertiary alicyclic amines) is 2. The molecule has 23 heavy (non-hydrogen) atoms. The predicted molar refractivity (Wildman–Crippen MR) is 87.8 cm³/mol. The quantitative estimate of drug-likeness (QED) is 0.820. The molecule has 1 aromatic heterocycles. The van der Waals surface area contributed by atoms with Crippen molar-refractivity contribution in [3.8, 4) is 0 Å². The molecule has 128 valence electrons. The zero-order valence-corrected chi connectivity index (χ0v) is 14.3. The smallest absolute Gasteiger partial charge is 0.222 e. The molecule has 0 unspecified atom stereocenters. The minimum Gasteiger partial charge on any atom is -0.383 e. The van der Waals surface area contributed by atoms with E-state index in [4.69, 9.17) is 4.74 Å². The molecule has 2 saturated heterocycles. The van der Waals surface area contributed by atoms with Crippen LogP contribution in [0.5, 0.6) is 0 Å². The van der Waals surface area contributed by atoms with Gasteiger partial charge in [0.25, 0.3) is 0 Å². The van der Waals surface area contributed by atoms with E-state index >= 15 is 0 Å². The van der Waals surface area contributed by atoms with Gasteiger partial charge < -0.3 is 14.2 Å². The van der Waals surface area contributed by atoms with Gasteiger partial charge in [-0.25, -0.2) is 4.98 Å². The van der Waals surface area contributed by atoms with Crippen molar-refractivity contribution >= 4 is 5.91 Å². The lowest BCUT2D eigenvalue weighted by atomic mass is 9.72. The van der Waals surface area contributed by atoms with Crippen LogP contribution >= 0.6 is 0 Å². The van der Waals surface area contributed by atoms with Crippen LogP contribution < -0.4 is 0 Å². The Morgan fingerprint density at radius 1 is 1.30 bits per heavy atom. The molecule has 0 aromatic carbocycles. The summed E-state index contributed by atoms with van der Waals surface area (Å²) in [6.07, 6.45) is 7.93. The zero-order chi connectivity index (χ0) is 16.3. The first kappa shape index (κ1) is 16.5. The van der Waals surface area contributed by atoms with Gasteiger partial charge in [0.1, 0.15) is 0 Å². The van der Waals surface area contributed by atoms with Crippen molar-refractivity contribution in [3.05, 3.63) is 18.2 Å². The summed E-state index contributed by atoms with van der Waals surface area (Å²) in [5.74, 6) is 0.296. The van der Waals surface area contributed by atoms with E-state index in [2.05, 4.69) is 14.5 Å². The van der Waals surface area contributed by atoms with Crippen molar-refractivity contribution in [2.75, 3.05) is 39.9 Å². The molecule has 2 aliphatic heterocycles. The van der Waals surface area contributed by atoms with Crippen molar-refractivity contribution in [1.82, 2.24) is 19.4 Å². The van der Waals surface area contributed by atoms with Gasteiger partial charge >= 0.3 is 0 Å². The molecule has 0 N–H and O–H groups in total. The predicted octanol–water partition coefficient (Wildman–Crippen LogP) is 1.27. The van der Waals surface area contributed by atoms with Gasteiger partial charge in [0.15, 0.2) is 0 Å². The van der Waals surface area contributed by atoms with Gasteiger partial charge in [-0.15, -0.1) is 0 Å². The van der Waals surface area contributed by atoms with E-state index in [-0.39, 0.29) is 0 Å². The first-order valence-electron chi connectivity index (χ1n) is 8.56. The van der Waals surface area contributed by atoms with Crippen LogP contribution in [-0.4, -0.2) is 65.2 Å². The Kier molecular flexibility index (Phi) is 5.02. The largest absolute Gasteiger partial charge is 0.383 e. The Balaban J connectivity index is 1.55. The van der Waals surface area contributed by atoms with E-state index in [1.807, 2.05) is 24.5 Å². The van der Waals surface area contributed by atoms with Gasteiger partial charge in [-0.2, -0.15) is 0 Å². The number of amides is 1. The second-order valence-electron chi connectivity index (χ2n) is 7.08. The zero-order valence-electron chi connectivity index (χ0n) is 14.3. The molecule has 6 heteroatoms. The molecule has 2 fully saturated rings. The summed E-state index contributed by atoms with van der Waals surface area (Å²) in [5, 5.41) is 0. The fourth-order valence-corrected chi connectivity index (χ4v) is 3.87. The Morgan fingerprint density at radius 2 is 2.09 bits per heavy atom. The van der Waals surface area contributed by atoms with Crippen LogP contribution in [0.4, 0.5) is 0 Å². The van der Waals surface area contributed by atoms with Crippen molar-refractivity contribution in [3.63, 3.8) is 0 Å². The summed E-state index contributed by atoms with van der Waals surface area (Å²) < 4.78 is 7.24. The van der Waals surface area contributed by atoms with E-state index in [1.165, 1.54) is 18.5 Å². The Hall–Kier alpha value is -1.40. The highest BCUT2D eigenvalue weighted by atomic mass is 16.5. The summed E-state index contributed by atoms with van der Waals surface area (Å²) in [7, 11) is 3.75. The topological polar surface area (TPSA) is 50.6 Å². The average Bonchev–Trinajstić information content (AvgIpc) is 2.96. The lowest BCUT2D eigenvalue weighted by Crippen LogP contribution is -2.52. The van der Waals surface area contributed by atoms with Crippen LogP contribution in [0.25, 0.3) is 0 Å². The monoisotopic (exact) mass is 320 g/mol. The highest BCUT2D eigenvalue weighted by Gasteiger charge is 2.40. The first-order chi connectivity index (χ1) is 11.1. The number of hydrogen-bond acceptors (Lipinski definition) is 4. The molecule has 6 nitrogen and oxygen atoms in total. The van der Waals surface area contributed by atoms with Crippen molar-refractivity contribution in [1.29, 1.82) is 0 Å². The number of carbonyl (C=O) groups is 1. The number of aryl methyl sites for hydroxylation is 1. The Bertz CT molecular complexity index is 534. The minimum absolute atomic E-state index is 0.296. The first-order valence-corrected chi connectivity index (χ1v) is 8.56. The normalized spacial score (nSPS) is 22.0. The molecular formula is C17H28N4O2. The molecule has 1 aromatic rings. The van der Waals surface area contributed by atoms with Crippen LogP contribution in [0.1, 0.15) is 31.4 Å². The van der Waals surface area contributed by atoms with Gasteiger partial charge in [-0.1, -0.05) is 0 Å². The maximum absolute atomic E-state index is 12.1. The number of carbonyl (C=O) groups excluding carboxylic acids is 1. The number of methoxy groups -OCH3 is 1. The molecular weight excluding hydrogens is 292 g/mol. The molecule has 3 rings (SSSR count). The van der Waals surface area contributed by atoms with E-state index in [9.17, 15) is 4.79 Å². The number of ether oxygens (including phenoxy) is 1. The molecule has 0 aliphatic carbocycles. The molecule has 2 aliphatic rings. The number of nitrogens with zero attached hydrogens (tertiary/aromatic N) is 4.